The van der Waals surface area contributed by atoms with Crippen molar-refractivity contribution in [3.63, 3.8) is 0 Å². The highest BCUT2D eigenvalue weighted by Crippen LogP contribution is 2.28. The molecule has 2 heterocycles. The Morgan fingerprint density at radius 1 is 0.909 bits per heavy atom. The molecular formula is C28H29N3O2. The van der Waals surface area contributed by atoms with Crippen LogP contribution in [0.2, 0.25) is 0 Å². The summed E-state index contributed by atoms with van der Waals surface area (Å²) >= 11 is 0. The Labute approximate surface area is 194 Å². The fraction of sp³-hybridized carbons (Fsp3) is 0.286. The average Bonchev–Trinajstić information content (AvgIpc) is 2.88. The first kappa shape index (κ1) is 21.4. The zero-order valence-corrected chi connectivity index (χ0v) is 18.7. The van der Waals surface area contributed by atoms with Crippen LogP contribution in [0.15, 0.2) is 83.7 Å². The Morgan fingerprint density at radius 2 is 1.64 bits per heavy atom. The van der Waals surface area contributed by atoms with Crippen LogP contribution in [-0.4, -0.2) is 34.5 Å². The predicted molar refractivity (Wildman–Crippen MR) is 132 cm³/mol. The summed E-state index contributed by atoms with van der Waals surface area (Å²) in [6, 6.07) is 26.4. The number of nitrogens with one attached hydrogen (secondary N) is 1. The second kappa shape index (κ2) is 10.0. The molecule has 5 rings (SSSR count). The van der Waals surface area contributed by atoms with Gasteiger partial charge in [0.15, 0.2) is 0 Å². The first-order valence-corrected chi connectivity index (χ1v) is 11.7. The number of likely N-dealkylation sites (tertiary alicyclic amines) is 1. The van der Waals surface area contributed by atoms with Gasteiger partial charge in [0.05, 0.1) is 5.39 Å². The second-order valence-electron chi connectivity index (χ2n) is 8.72. The third-order valence-corrected chi connectivity index (χ3v) is 6.51. The highest BCUT2D eigenvalue weighted by atomic mass is 16.5. The number of fused-ring (bicyclic) bond motifs is 1. The van der Waals surface area contributed by atoms with Crippen LogP contribution in [0.4, 0.5) is 0 Å². The molecule has 0 atom stereocenters. The van der Waals surface area contributed by atoms with Crippen LogP contribution in [0, 0.1) is 0 Å². The largest absolute Gasteiger partial charge is 0.487 e. The number of rotatable bonds is 7. The molecule has 4 aromatic rings. The first-order valence-electron chi connectivity index (χ1n) is 11.7. The number of aromatic amines is 1. The number of piperidine rings is 1. The number of hydrogen-bond donors (Lipinski definition) is 1. The van der Waals surface area contributed by atoms with Gasteiger partial charge in [-0.15, -0.1) is 0 Å². The molecule has 1 saturated heterocycles. The standard InChI is InChI=1S/C28H29N3O2/c32-28-24-12-7-13-25(33-20-21-8-3-1-4-9-21)27(24)29-26(30-28)16-19-31-17-14-23(15-18-31)22-10-5-2-6-11-22/h1-13,23H,14-20H2,(H,29,30,32). The van der Waals surface area contributed by atoms with Crippen LogP contribution in [0.5, 0.6) is 5.75 Å². The minimum absolute atomic E-state index is 0.108. The SMILES string of the molecule is O=c1[nH]c(CCN2CCC(c3ccccc3)CC2)nc2c(OCc3ccccc3)cccc12. The van der Waals surface area contributed by atoms with E-state index in [2.05, 4.69) is 40.2 Å². The van der Waals surface area contributed by atoms with Crippen molar-refractivity contribution in [1.29, 1.82) is 0 Å². The van der Waals surface area contributed by atoms with Crippen molar-refractivity contribution in [2.75, 3.05) is 19.6 Å². The fourth-order valence-corrected chi connectivity index (χ4v) is 4.63. The second-order valence-corrected chi connectivity index (χ2v) is 8.72. The molecule has 0 unspecified atom stereocenters. The van der Waals surface area contributed by atoms with Crippen molar-refractivity contribution < 1.29 is 4.74 Å². The molecule has 168 valence electrons. The molecule has 0 saturated carbocycles. The summed E-state index contributed by atoms with van der Waals surface area (Å²) < 4.78 is 6.04. The van der Waals surface area contributed by atoms with E-state index in [0.717, 1.165) is 25.2 Å². The maximum atomic E-state index is 12.7. The summed E-state index contributed by atoms with van der Waals surface area (Å²) in [6.45, 7) is 3.48. The molecule has 0 bridgehead atoms. The van der Waals surface area contributed by atoms with Crippen molar-refractivity contribution >= 4 is 10.9 Å². The molecule has 1 aromatic heterocycles. The van der Waals surface area contributed by atoms with Gasteiger partial charge in [-0.05, 0) is 55.1 Å². The number of H-pyrrole nitrogens is 1. The zero-order valence-electron chi connectivity index (χ0n) is 18.7. The summed E-state index contributed by atoms with van der Waals surface area (Å²) in [5.41, 5.74) is 3.05. The van der Waals surface area contributed by atoms with Crippen molar-refractivity contribution in [2.45, 2.75) is 31.8 Å². The van der Waals surface area contributed by atoms with Crippen LogP contribution < -0.4 is 10.3 Å². The molecule has 1 N–H and O–H groups in total. The van der Waals surface area contributed by atoms with E-state index in [4.69, 9.17) is 9.72 Å². The molecule has 5 heteroatoms. The van der Waals surface area contributed by atoms with Gasteiger partial charge in [0, 0.05) is 13.0 Å². The lowest BCUT2D eigenvalue weighted by Gasteiger charge is -2.32. The minimum Gasteiger partial charge on any atom is -0.487 e. The summed E-state index contributed by atoms with van der Waals surface area (Å²) in [7, 11) is 0. The normalized spacial score (nSPS) is 15.0. The molecule has 1 aliphatic heterocycles. The Hall–Kier alpha value is -3.44. The van der Waals surface area contributed by atoms with Gasteiger partial charge in [-0.2, -0.15) is 0 Å². The van der Waals surface area contributed by atoms with Gasteiger partial charge in [0.2, 0.25) is 0 Å². The summed E-state index contributed by atoms with van der Waals surface area (Å²) in [6.07, 6.45) is 3.06. The minimum atomic E-state index is -0.108. The monoisotopic (exact) mass is 439 g/mol. The van der Waals surface area contributed by atoms with Gasteiger partial charge in [0.25, 0.3) is 5.56 Å². The quantitative estimate of drug-likeness (QED) is 0.444. The van der Waals surface area contributed by atoms with Crippen molar-refractivity contribution in [2.24, 2.45) is 0 Å². The Kier molecular flexibility index (Phi) is 6.49. The maximum absolute atomic E-state index is 12.7. The van der Waals surface area contributed by atoms with Gasteiger partial charge >= 0.3 is 0 Å². The van der Waals surface area contributed by atoms with Crippen molar-refractivity contribution in [3.8, 4) is 5.75 Å². The van der Waals surface area contributed by atoms with E-state index < -0.39 is 0 Å². The fourth-order valence-electron chi connectivity index (χ4n) is 4.63. The molecule has 1 aliphatic rings. The summed E-state index contributed by atoms with van der Waals surface area (Å²) in [5.74, 6) is 2.01. The van der Waals surface area contributed by atoms with Crippen LogP contribution in [0.25, 0.3) is 10.9 Å². The third-order valence-electron chi connectivity index (χ3n) is 6.51. The Bertz CT molecular complexity index is 1250. The van der Waals surface area contributed by atoms with Gasteiger partial charge < -0.3 is 14.6 Å². The summed E-state index contributed by atoms with van der Waals surface area (Å²) in [5, 5.41) is 0.563. The number of nitrogens with zero attached hydrogens (tertiary/aromatic N) is 2. The molecule has 0 spiro atoms. The molecule has 33 heavy (non-hydrogen) atoms. The average molecular weight is 440 g/mol. The molecular weight excluding hydrogens is 410 g/mol. The number of aromatic nitrogens is 2. The van der Waals surface area contributed by atoms with Gasteiger partial charge in [-0.3, -0.25) is 4.79 Å². The van der Waals surface area contributed by atoms with E-state index in [1.54, 1.807) is 6.07 Å². The van der Waals surface area contributed by atoms with Crippen molar-refractivity contribution in [3.05, 3.63) is 106 Å². The van der Waals surface area contributed by atoms with E-state index in [1.165, 1.54) is 18.4 Å². The van der Waals surface area contributed by atoms with Gasteiger partial charge in [-0.1, -0.05) is 66.7 Å². The first-order chi connectivity index (χ1) is 16.3. The van der Waals surface area contributed by atoms with E-state index in [0.29, 0.717) is 41.4 Å². The van der Waals surface area contributed by atoms with Crippen LogP contribution >= 0.6 is 0 Å². The Balaban J connectivity index is 1.25. The smallest absolute Gasteiger partial charge is 0.258 e. The Morgan fingerprint density at radius 3 is 2.39 bits per heavy atom. The van der Waals surface area contributed by atoms with Gasteiger partial charge in [0.1, 0.15) is 23.7 Å². The number of benzene rings is 3. The number of para-hydroxylation sites is 1. The highest BCUT2D eigenvalue weighted by molar-refractivity contribution is 5.83. The van der Waals surface area contributed by atoms with E-state index in [1.807, 2.05) is 42.5 Å². The molecule has 0 radical (unpaired) electrons. The number of ether oxygens (including phenoxy) is 1. The molecule has 5 nitrogen and oxygen atoms in total. The summed E-state index contributed by atoms with van der Waals surface area (Å²) in [4.78, 5) is 23.0. The molecule has 0 aliphatic carbocycles. The van der Waals surface area contributed by atoms with Crippen LogP contribution in [0.3, 0.4) is 0 Å². The van der Waals surface area contributed by atoms with Crippen LogP contribution in [-0.2, 0) is 13.0 Å². The maximum Gasteiger partial charge on any atom is 0.258 e. The van der Waals surface area contributed by atoms with Gasteiger partial charge in [-0.25, -0.2) is 4.98 Å². The lowest BCUT2D eigenvalue weighted by Crippen LogP contribution is -2.34. The number of hydrogen-bond acceptors (Lipinski definition) is 4. The zero-order chi connectivity index (χ0) is 22.5. The topological polar surface area (TPSA) is 58.2 Å². The van der Waals surface area contributed by atoms with E-state index in [-0.39, 0.29) is 5.56 Å². The lowest BCUT2D eigenvalue weighted by molar-refractivity contribution is 0.213. The molecule has 0 amide bonds. The third kappa shape index (κ3) is 5.15. The van der Waals surface area contributed by atoms with E-state index >= 15 is 0 Å². The molecule has 1 fully saturated rings. The van der Waals surface area contributed by atoms with Crippen LogP contribution in [0.1, 0.15) is 35.7 Å². The lowest BCUT2D eigenvalue weighted by atomic mass is 9.89. The highest BCUT2D eigenvalue weighted by Gasteiger charge is 2.20. The molecule has 3 aromatic carbocycles. The van der Waals surface area contributed by atoms with E-state index in [9.17, 15) is 4.79 Å². The predicted octanol–water partition coefficient (Wildman–Crippen LogP) is 4.92. The van der Waals surface area contributed by atoms with Crippen molar-refractivity contribution in [1.82, 2.24) is 14.9 Å².